The summed E-state index contributed by atoms with van der Waals surface area (Å²) in [7, 11) is 0. The molecule has 0 radical (unpaired) electrons. The molecule has 0 aliphatic carbocycles. The molecule has 1 unspecified atom stereocenters. The normalized spacial score (nSPS) is 16.8. The van der Waals surface area contributed by atoms with Crippen LogP contribution in [0.2, 0.25) is 10.0 Å². The number of anilines is 1. The lowest BCUT2D eigenvalue weighted by Gasteiger charge is -2.24. The number of hydrogen-bond donors (Lipinski definition) is 0. The van der Waals surface area contributed by atoms with E-state index in [-0.39, 0.29) is 6.04 Å². The van der Waals surface area contributed by atoms with Crippen LogP contribution in [0.5, 0.6) is 0 Å². The molecule has 3 aromatic carbocycles. The van der Waals surface area contributed by atoms with E-state index in [0.717, 1.165) is 28.4 Å². The summed E-state index contributed by atoms with van der Waals surface area (Å²) in [4.78, 5) is 0. The molecule has 0 fully saturated rings. The Balaban J connectivity index is 1.76. The number of benzene rings is 3. The minimum Gasteiger partial charge on any atom is -0.257 e. The van der Waals surface area contributed by atoms with Crippen molar-refractivity contribution < 1.29 is 0 Å². The Morgan fingerprint density at radius 3 is 2.28 bits per heavy atom. The number of nitrogens with zero attached hydrogens (tertiary/aromatic N) is 2. The van der Waals surface area contributed by atoms with Gasteiger partial charge in [0.05, 0.1) is 17.4 Å². The van der Waals surface area contributed by atoms with Crippen molar-refractivity contribution in [1.29, 1.82) is 0 Å². The van der Waals surface area contributed by atoms with E-state index in [0.29, 0.717) is 5.02 Å². The number of hydrogen-bond acceptors (Lipinski definition) is 2. The number of rotatable bonds is 3. The standard InChI is InChI=1S/C21H16Cl2N2/c22-17-11-9-15(10-12-17)20-14-21(16-5-2-1-3-6-16)25(24-20)19-8-4-7-18(23)13-19/h1-13,21H,14H2. The highest BCUT2D eigenvalue weighted by molar-refractivity contribution is 6.31. The maximum atomic E-state index is 6.20. The molecule has 2 nitrogen and oxygen atoms in total. The Hall–Kier alpha value is -2.29. The van der Waals surface area contributed by atoms with Crippen LogP contribution in [0.1, 0.15) is 23.6 Å². The first kappa shape index (κ1) is 16.2. The van der Waals surface area contributed by atoms with Gasteiger partial charge < -0.3 is 0 Å². The number of halogens is 2. The van der Waals surface area contributed by atoms with Crippen LogP contribution in [0.4, 0.5) is 5.69 Å². The van der Waals surface area contributed by atoms with Crippen molar-refractivity contribution >= 4 is 34.6 Å². The summed E-state index contributed by atoms with van der Waals surface area (Å²) in [6, 6.07) is 26.2. The Kier molecular flexibility index (Phi) is 4.48. The van der Waals surface area contributed by atoms with Gasteiger partial charge in [0.25, 0.3) is 0 Å². The van der Waals surface area contributed by atoms with E-state index in [1.54, 1.807) is 0 Å². The zero-order valence-corrected chi connectivity index (χ0v) is 15.0. The third kappa shape index (κ3) is 3.41. The maximum absolute atomic E-state index is 6.20. The van der Waals surface area contributed by atoms with E-state index in [4.69, 9.17) is 28.3 Å². The SMILES string of the molecule is Clc1ccc(C2=NN(c3cccc(Cl)c3)C(c3ccccc3)C2)cc1. The zero-order chi connectivity index (χ0) is 17.2. The quantitative estimate of drug-likeness (QED) is 0.527. The van der Waals surface area contributed by atoms with Crippen molar-refractivity contribution in [3.63, 3.8) is 0 Å². The van der Waals surface area contributed by atoms with Gasteiger partial charge in [-0.25, -0.2) is 0 Å². The Morgan fingerprint density at radius 1 is 0.800 bits per heavy atom. The highest BCUT2D eigenvalue weighted by atomic mass is 35.5. The first-order valence-electron chi connectivity index (χ1n) is 8.14. The molecule has 1 atom stereocenters. The van der Waals surface area contributed by atoms with Gasteiger partial charge >= 0.3 is 0 Å². The molecule has 0 saturated carbocycles. The Bertz CT molecular complexity index is 905. The van der Waals surface area contributed by atoms with Crippen molar-refractivity contribution in [2.75, 3.05) is 5.01 Å². The molecule has 1 aliphatic rings. The Labute approximate surface area is 157 Å². The van der Waals surface area contributed by atoms with Gasteiger partial charge in [-0.05, 0) is 41.5 Å². The molecular formula is C21H16Cl2N2. The van der Waals surface area contributed by atoms with Gasteiger partial charge in [0.15, 0.2) is 0 Å². The maximum Gasteiger partial charge on any atom is 0.0831 e. The van der Waals surface area contributed by atoms with Gasteiger partial charge in [0.2, 0.25) is 0 Å². The molecule has 0 spiro atoms. The van der Waals surface area contributed by atoms with Crippen molar-refractivity contribution in [3.05, 3.63) is 100 Å². The summed E-state index contributed by atoms with van der Waals surface area (Å²) < 4.78 is 0. The van der Waals surface area contributed by atoms with Crippen LogP contribution in [-0.2, 0) is 0 Å². The van der Waals surface area contributed by atoms with Crippen LogP contribution in [0.25, 0.3) is 0 Å². The van der Waals surface area contributed by atoms with Crippen molar-refractivity contribution in [1.82, 2.24) is 0 Å². The first-order chi connectivity index (χ1) is 12.2. The second-order valence-corrected chi connectivity index (χ2v) is 6.88. The summed E-state index contributed by atoms with van der Waals surface area (Å²) >= 11 is 12.2. The topological polar surface area (TPSA) is 15.6 Å². The molecule has 3 aromatic rings. The third-order valence-electron chi connectivity index (χ3n) is 4.34. The van der Waals surface area contributed by atoms with E-state index in [2.05, 4.69) is 29.3 Å². The zero-order valence-electron chi connectivity index (χ0n) is 13.4. The molecule has 1 heterocycles. The molecule has 1 aliphatic heterocycles. The smallest absolute Gasteiger partial charge is 0.0831 e. The Morgan fingerprint density at radius 2 is 1.56 bits per heavy atom. The average Bonchev–Trinajstić information content (AvgIpc) is 3.08. The average molecular weight is 367 g/mol. The number of hydrazone groups is 1. The molecule has 0 bridgehead atoms. The lowest BCUT2D eigenvalue weighted by atomic mass is 9.98. The van der Waals surface area contributed by atoms with Crippen molar-refractivity contribution in [2.45, 2.75) is 12.5 Å². The molecule has 124 valence electrons. The van der Waals surface area contributed by atoms with Crippen LogP contribution in [0.15, 0.2) is 84.0 Å². The lowest BCUT2D eigenvalue weighted by molar-refractivity contribution is 0.709. The fourth-order valence-corrected chi connectivity index (χ4v) is 3.43. The molecule has 25 heavy (non-hydrogen) atoms. The van der Waals surface area contributed by atoms with Crippen LogP contribution in [0.3, 0.4) is 0 Å². The monoisotopic (exact) mass is 366 g/mol. The summed E-state index contributed by atoms with van der Waals surface area (Å²) in [5.74, 6) is 0. The van der Waals surface area contributed by atoms with Crippen LogP contribution in [0, 0.1) is 0 Å². The summed E-state index contributed by atoms with van der Waals surface area (Å²) in [6.45, 7) is 0. The summed E-state index contributed by atoms with van der Waals surface area (Å²) in [5, 5.41) is 8.40. The minimum atomic E-state index is 0.144. The minimum absolute atomic E-state index is 0.144. The summed E-state index contributed by atoms with van der Waals surface area (Å²) in [5.41, 5.74) is 4.36. The van der Waals surface area contributed by atoms with E-state index >= 15 is 0 Å². The molecule has 0 saturated heterocycles. The molecule has 4 heteroatoms. The van der Waals surface area contributed by atoms with Gasteiger partial charge in [-0.2, -0.15) is 5.10 Å². The molecular weight excluding hydrogens is 351 g/mol. The molecule has 0 amide bonds. The highest BCUT2D eigenvalue weighted by Gasteiger charge is 2.29. The van der Waals surface area contributed by atoms with E-state index < -0.39 is 0 Å². The van der Waals surface area contributed by atoms with Gasteiger partial charge in [-0.3, -0.25) is 5.01 Å². The highest BCUT2D eigenvalue weighted by Crippen LogP contribution is 2.37. The third-order valence-corrected chi connectivity index (χ3v) is 4.83. The second kappa shape index (κ2) is 6.91. The van der Waals surface area contributed by atoms with Crippen LogP contribution in [-0.4, -0.2) is 5.71 Å². The molecule has 0 N–H and O–H groups in total. The predicted molar refractivity (Wildman–Crippen MR) is 106 cm³/mol. The fourth-order valence-electron chi connectivity index (χ4n) is 3.12. The van der Waals surface area contributed by atoms with Crippen molar-refractivity contribution in [3.8, 4) is 0 Å². The van der Waals surface area contributed by atoms with E-state index in [1.165, 1.54) is 5.56 Å². The largest absolute Gasteiger partial charge is 0.257 e. The van der Waals surface area contributed by atoms with Crippen molar-refractivity contribution in [2.24, 2.45) is 5.10 Å². The molecule has 0 aromatic heterocycles. The van der Waals surface area contributed by atoms with Crippen LogP contribution >= 0.6 is 23.2 Å². The second-order valence-electron chi connectivity index (χ2n) is 6.01. The molecule has 4 rings (SSSR count). The van der Waals surface area contributed by atoms with Gasteiger partial charge in [0, 0.05) is 16.5 Å². The lowest BCUT2D eigenvalue weighted by Crippen LogP contribution is -2.18. The van der Waals surface area contributed by atoms with Gasteiger partial charge in [-0.15, -0.1) is 0 Å². The van der Waals surface area contributed by atoms with Gasteiger partial charge in [0.1, 0.15) is 0 Å². The summed E-state index contributed by atoms with van der Waals surface area (Å²) in [6.07, 6.45) is 0.832. The predicted octanol–water partition coefficient (Wildman–Crippen LogP) is 6.35. The fraction of sp³-hybridized carbons (Fsp3) is 0.0952. The van der Waals surface area contributed by atoms with Crippen LogP contribution < -0.4 is 5.01 Å². The first-order valence-corrected chi connectivity index (χ1v) is 8.89. The van der Waals surface area contributed by atoms with E-state index in [9.17, 15) is 0 Å². The van der Waals surface area contributed by atoms with Gasteiger partial charge in [-0.1, -0.05) is 71.7 Å². The van der Waals surface area contributed by atoms with E-state index in [1.807, 2.05) is 54.6 Å².